The minimum absolute atomic E-state index is 0.0913. The lowest BCUT2D eigenvalue weighted by Crippen LogP contribution is -2.47. The lowest BCUT2D eigenvalue weighted by Gasteiger charge is -2.36. The van der Waals surface area contributed by atoms with E-state index >= 15 is 0 Å². The Balaban J connectivity index is 1.29. The summed E-state index contributed by atoms with van der Waals surface area (Å²) in [5.41, 5.74) is -0.00278. The highest BCUT2D eigenvalue weighted by molar-refractivity contribution is 5.80. The molecule has 2 unspecified atom stereocenters. The molecule has 0 aliphatic carbocycles. The lowest BCUT2D eigenvalue weighted by molar-refractivity contribution is -0.137. The number of amides is 1. The van der Waals surface area contributed by atoms with Gasteiger partial charge in [0.25, 0.3) is 0 Å². The van der Waals surface area contributed by atoms with Gasteiger partial charge in [0.1, 0.15) is 6.10 Å². The number of hydrogen-bond acceptors (Lipinski definition) is 5. The quantitative estimate of drug-likeness (QED) is 0.577. The summed E-state index contributed by atoms with van der Waals surface area (Å²) in [6.07, 6.45) is -0.710. The second-order valence-electron chi connectivity index (χ2n) is 8.49. The molecule has 0 spiro atoms. The van der Waals surface area contributed by atoms with Crippen LogP contribution in [-0.4, -0.2) is 75.5 Å². The Morgan fingerprint density at radius 1 is 1.25 bits per heavy atom. The molecule has 2 saturated heterocycles. The molecular weight excluding hydrogens is 423 g/mol. The van der Waals surface area contributed by atoms with Crippen LogP contribution in [0.25, 0.3) is 0 Å². The summed E-state index contributed by atoms with van der Waals surface area (Å²) in [6.45, 7) is 7.31. The van der Waals surface area contributed by atoms with Gasteiger partial charge in [0.2, 0.25) is 5.91 Å². The average molecular weight is 458 g/mol. The van der Waals surface area contributed by atoms with Crippen molar-refractivity contribution in [1.29, 1.82) is 0 Å². The fraction of sp³-hybridized carbons (Fsp3) is 0.696. The highest BCUT2D eigenvalue weighted by Crippen LogP contribution is 2.31. The normalized spacial score (nSPS) is 21.4. The molecule has 2 aliphatic rings. The molecule has 1 N–H and O–H groups in total. The number of halogens is 3. The van der Waals surface area contributed by atoms with E-state index in [1.165, 1.54) is 12.1 Å². The minimum Gasteiger partial charge on any atom is -0.376 e. The van der Waals surface area contributed by atoms with E-state index in [0.29, 0.717) is 31.9 Å². The van der Waals surface area contributed by atoms with Crippen molar-refractivity contribution in [3.63, 3.8) is 0 Å². The maximum absolute atomic E-state index is 12.9. The van der Waals surface area contributed by atoms with E-state index in [2.05, 4.69) is 10.2 Å². The third-order valence-corrected chi connectivity index (χ3v) is 6.04. The third-order valence-electron chi connectivity index (χ3n) is 6.04. The first-order valence-electron chi connectivity index (χ1n) is 11.5. The van der Waals surface area contributed by atoms with Gasteiger partial charge in [-0.3, -0.25) is 9.69 Å². The van der Waals surface area contributed by atoms with E-state index in [0.717, 1.165) is 58.0 Å². The molecule has 0 saturated carbocycles. The number of nitrogens with zero attached hydrogens (tertiary/aromatic N) is 2. The highest BCUT2D eigenvalue weighted by atomic mass is 19.4. The van der Waals surface area contributed by atoms with Crippen molar-refractivity contribution < 1.29 is 27.4 Å². The number of anilines is 1. The van der Waals surface area contributed by atoms with E-state index in [4.69, 9.17) is 9.47 Å². The fourth-order valence-corrected chi connectivity index (χ4v) is 4.03. The topological polar surface area (TPSA) is 54.0 Å². The van der Waals surface area contributed by atoms with Crippen LogP contribution in [0.4, 0.5) is 18.9 Å². The molecule has 3 rings (SSSR count). The van der Waals surface area contributed by atoms with E-state index in [1.807, 2.05) is 4.90 Å². The standard InChI is InChI=1S/C23H34F3N3O3/c1-18(32-17-21-8-2-3-15-31-21)22(30)27-9-5-10-28-11-13-29(14-12-28)20-7-4-6-19(16-20)23(24,25)26/h4,6-7,16,18,21H,2-3,5,8-15,17H2,1H3,(H,27,30). The summed E-state index contributed by atoms with van der Waals surface area (Å²) in [6, 6.07) is 5.50. The summed E-state index contributed by atoms with van der Waals surface area (Å²) in [5.74, 6) is -0.116. The van der Waals surface area contributed by atoms with Gasteiger partial charge in [-0.15, -0.1) is 0 Å². The first kappa shape index (κ1) is 24.8. The Labute approximate surface area is 188 Å². The number of nitrogens with one attached hydrogen (secondary N) is 1. The van der Waals surface area contributed by atoms with E-state index in [-0.39, 0.29) is 12.0 Å². The van der Waals surface area contributed by atoms with E-state index in [9.17, 15) is 18.0 Å². The van der Waals surface area contributed by atoms with Crippen LogP contribution in [0, 0.1) is 0 Å². The van der Waals surface area contributed by atoms with Crippen LogP contribution < -0.4 is 10.2 Å². The molecule has 2 heterocycles. The van der Waals surface area contributed by atoms with Crippen molar-refractivity contribution in [2.24, 2.45) is 0 Å². The van der Waals surface area contributed by atoms with Gasteiger partial charge >= 0.3 is 6.18 Å². The average Bonchev–Trinajstić information content (AvgIpc) is 2.80. The number of carbonyl (C=O) groups is 1. The summed E-state index contributed by atoms with van der Waals surface area (Å²) in [4.78, 5) is 16.5. The number of benzene rings is 1. The van der Waals surface area contributed by atoms with Gasteiger partial charge in [0.15, 0.2) is 0 Å². The van der Waals surface area contributed by atoms with Crippen LogP contribution in [0.1, 0.15) is 38.2 Å². The molecule has 1 aromatic carbocycles. The van der Waals surface area contributed by atoms with Crippen LogP contribution in [0.3, 0.4) is 0 Å². The molecule has 9 heteroatoms. The van der Waals surface area contributed by atoms with E-state index in [1.54, 1.807) is 13.0 Å². The van der Waals surface area contributed by atoms with Crippen molar-refractivity contribution >= 4 is 11.6 Å². The number of alkyl halides is 3. The molecule has 0 aromatic heterocycles. The first-order chi connectivity index (χ1) is 15.3. The minimum atomic E-state index is -4.32. The molecular formula is C23H34F3N3O3. The molecule has 6 nitrogen and oxygen atoms in total. The SMILES string of the molecule is CC(OCC1CCCCO1)C(=O)NCCCN1CCN(c2cccc(C(F)(F)F)c2)CC1. The number of ether oxygens (including phenoxy) is 2. The zero-order chi connectivity index (χ0) is 23.0. The number of carbonyl (C=O) groups excluding carboxylic acids is 1. The zero-order valence-electron chi connectivity index (χ0n) is 18.7. The Morgan fingerprint density at radius 2 is 2.03 bits per heavy atom. The summed E-state index contributed by atoms with van der Waals surface area (Å²) >= 11 is 0. The van der Waals surface area contributed by atoms with Crippen LogP contribution in [0.15, 0.2) is 24.3 Å². The van der Waals surface area contributed by atoms with Gasteiger partial charge in [-0.2, -0.15) is 13.2 Å². The Bertz CT molecular complexity index is 718. The fourth-order valence-electron chi connectivity index (χ4n) is 4.03. The Hall–Kier alpha value is -1.84. The molecule has 0 bridgehead atoms. The second kappa shape index (κ2) is 11.9. The van der Waals surface area contributed by atoms with Crippen molar-refractivity contribution in [2.75, 3.05) is 57.4 Å². The summed E-state index contributed by atoms with van der Waals surface area (Å²) in [5, 5.41) is 2.92. The molecule has 1 amide bonds. The van der Waals surface area contributed by atoms with Crippen LogP contribution >= 0.6 is 0 Å². The van der Waals surface area contributed by atoms with Crippen molar-refractivity contribution in [1.82, 2.24) is 10.2 Å². The predicted molar refractivity (Wildman–Crippen MR) is 117 cm³/mol. The van der Waals surface area contributed by atoms with Gasteiger partial charge < -0.3 is 19.7 Å². The van der Waals surface area contributed by atoms with Gasteiger partial charge in [-0.25, -0.2) is 0 Å². The number of rotatable bonds is 9. The third kappa shape index (κ3) is 7.64. The van der Waals surface area contributed by atoms with Gasteiger partial charge in [0.05, 0.1) is 18.3 Å². The van der Waals surface area contributed by atoms with Crippen molar-refractivity contribution in [3.8, 4) is 0 Å². The first-order valence-corrected chi connectivity index (χ1v) is 11.5. The molecule has 2 fully saturated rings. The molecule has 32 heavy (non-hydrogen) atoms. The van der Waals surface area contributed by atoms with Gasteiger partial charge in [-0.1, -0.05) is 6.07 Å². The van der Waals surface area contributed by atoms with Crippen LogP contribution in [0.5, 0.6) is 0 Å². The number of hydrogen-bond donors (Lipinski definition) is 1. The smallest absolute Gasteiger partial charge is 0.376 e. The largest absolute Gasteiger partial charge is 0.416 e. The summed E-state index contributed by atoms with van der Waals surface area (Å²) in [7, 11) is 0. The maximum Gasteiger partial charge on any atom is 0.416 e. The van der Waals surface area contributed by atoms with Gasteiger partial charge in [0, 0.05) is 45.0 Å². The van der Waals surface area contributed by atoms with E-state index < -0.39 is 17.8 Å². The Morgan fingerprint density at radius 3 is 2.72 bits per heavy atom. The maximum atomic E-state index is 12.9. The molecule has 1 aromatic rings. The molecule has 180 valence electrons. The zero-order valence-corrected chi connectivity index (χ0v) is 18.7. The highest BCUT2D eigenvalue weighted by Gasteiger charge is 2.31. The van der Waals surface area contributed by atoms with Crippen molar-refractivity contribution in [3.05, 3.63) is 29.8 Å². The summed E-state index contributed by atoms with van der Waals surface area (Å²) < 4.78 is 50.1. The van der Waals surface area contributed by atoms with Crippen LogP contribution in [0.2, 0.25) is 0 Å². The molecule has 2 aliphatic heterocycles. The van der Waals surface area contributed by atoms with Crippen molar-refractivity contribution in [2.45, 2.75) is 51.0 Å². The molecule has 0 radical (unpaired) electrons. The Kier molecular flexibility index (Phi) is 9.19. The van der Waals surface area contributed by atoms with Gasteiger partial charge in [-0.05, 0) is 57.4 Å². The second-order valence-corrected chi connectivity index (χ2v) is 8.49. The number of piperazine rings is 1. The van der Waals surface area contributed by atoms with Crippen LogP contribution in [-0.2, 0) is 20.4 Å². The monoisotopic (exact) mass is 457 g/mol. The predicted octanol–water partition coefficient (Wildman–Crippen LogP) is 3.31. The molecule has 2 atom stereocenters. The lowest BCUT2D eigenvalue weighted by atomic mass is 10.1.